The van der Waals surface area contributed by atoms with E-state index in [-0.39, 0.29) is 5.78 Å². The van der Waals surface area contributed by atoms with Crippen LogP contribution in [-0.2, 0) is 17.8 Å². The second-order valence-electron chi connectivity index (χ2n) is 2.73. The molecule has 0 bridgehead atoms. The van der Waals surface area contributed by atoms with E-state index in [1.165, 1.54) is 11.3 Å². The van der Waals surface area contributed by atoms with Crippen LogP contribution in [0.5, 0.6) is 0 Å². The van der Waals surface area contributed by atoms with Crippen molar-refractivity contribution < 1.29 is 9.53 Å². The number of carbonyl (C=O) groups is 1. The van der Waals surface area contributed by atoms with Crippen LogP contribution in [0, 0.1) is 0 Å². The highest BCUT2D eigenvalue weighted by Gasteiger charge is 2.12. The van der Waals surface area contributed by atoms with Crippen LogP contribution in [0.25, 0.3) is 0 Å². The van der Waals surface area contributed by atoms with E-state index in [2.05, 4.69) is 4.98 Å². The average molecular weight is 199 g/mol. The Kier molecular flexibility index (Phi) is 3.57. The van der Waals surface area contributed by atoms with Gasteiger partial charge in [-0.25, -0.2) is 4.98 Å². The highest BCUT2D eigenvalue weighted by Crippen LogP contribution is 2.20. The SMILES string of the molecule is CCc1nc(COC)sc1C(C)=O. The van der Waals surface area contributed by atoms with Gasteiger partial charge in [-0.3, -0.25) is 4.79 Å². The van der Waals surface area contributed by atoms with Crippen LogP contribution in [0.2, 0.25) is 0 Å². The first-order chi connectivity index (χ1) is 6.19. The minimum atomic E-state index is 0.0942. The number of nitrogens with zero attached hydrogens (tertiary/aromatic N) is 1. The molecule has 0 saturated heterocycles. The van der Waals surface area contributed by atoms with Gasteiger partial charge < -0.3 is 4.74 Å². The number of thiazole rings is 1. The summed E-state index contributed by atoms with van der Waals surface area (Å²) in [6.45, 7) is 4.06. The average Bonchev–Trinajstić information content (AvgIpc) is 2.48. The Balaban J connectivity index is 2.97. The van der Waals surface area contributed by atoms with Crippen LogP contribution in [0.15, 0.2) is 0 Å². The maximum atomic E-state index is 11.2. The van der Waals surface area contributed by atoms with Crippen molar-refractivity contribution in [2.24, 2.45) is 0 Å². The van der Waals surface area contributed by atoms with Crippen molar-refractivity contribution in [2.75, 3.05) is 7.11 Å². The maximum absolute atomic E-state index is 11.2. The van der Waals surface area contributed by atoms with E-state index in [0.717, 1.165) is 22.0 Å². The van der Waals surface area contributed by atoms with E-state index in [1.54, 1.807) is 14.0 Å². The largest absolute Gasteiger partial charge is 0.378 e. The first-order valence-corrected chi connectivity index (χ1v) is 4.99. The minimum Gasteiger partial charge on any atom is -0.378 e. The van der Waals surface area contributed by atoms with Crippen molar-refractivity contribution >= 4 is 17.1 Å². The van der Waals surface area contributed by atoms with Crippen molar-refractivity contribution in [3.63, 3.8) is 0 Å². The van der Waals surface area contributed by atoms with E-state index in [1.807, 2.05) is 6.92 Å². The number of carbonyl (C=O) groups excluding carboxylic acids is 1. The van der Waals surface area contributed by atoms with Crippen molar-refractivity contribution in [2.45, 2.75) is 26.9 Å². The molecule has 1 aromatic rings. The molecule has 72 valence electrons. The Labute approximate surface area is 81.8 Å². The second-order valence-corrected chi connectivity index (χ2v) is 3.81. The lowest BCUT2D eigenvalue weighted by atomic mass is 10.2. The minimum absolute atomic E-state index is 0.0942. The van der Waals surface area contributed by atoms with Gasteiger partial charge in [0.15, 0.2) is 5.78 Å². The maximum Gasteiger partial charge on any atom is 0.171 e. The van der Waals surface area contributed by atoms with Gasteiger partial charge >= 0.3 is 0 Å². The number of ether oxygens (including phenoxy) is 1. The molecule has 0 radical (unpaired) electrons. The van der Waals surface area contributed by atoms with Crippen LogP contribution in [0.4, 0.5) is 0 Å². The lowest BCUT2D eigenvalue weighted by Gasteiger charge is -1.90. The predicted molar refractivity (Wildman–Crippen MR) is 52.2 cm³/mol. The van der Waals surface area contributed by atoms with Gasteiger partial charge in [-0.2, -0.15) is 0 Å². The summed E-state index contributed by atoms with van der Waals surface area (Å²) < 4.78 is 4.96. The first kappa shape index (κ1) is 10.3. The molecule has 0 amide bonds. The van der Waals surface area contributed by atoms with Gasteiger partial charge in [-0.15, -0.1) is 11.3 Å². The van der Waals surface area contributed by atoms with Gasteiger partial charge in [0.25, 0.3) is 0 Å². The van der Waals surface area contributed by atoms with Gasteiger partial charge in [-0.1, -0.05) is 6.92 Å². The fraction of sp³-hybridized carbons (Fsp3) is 0.556. The Hall–Kier alpha value is -0.740. The molecule has 0 aliphatic carbocycles. The highest BCUT2D eigenvalue weighted by molar-refractivity contribution is 7.13. The number of Topliss-reactive ketones (excluding diaryl/α,β-unsaturated/α-hetero) is 1. The third kappa shape index (κ3) is 2.35. The Morgan fingerprint density at radius 1 is 1.62 bits per heavy atom. The van der Waals surface area contributed by atoms with Crippen LogP contribution in [0.1, 0.15) is 34.2 Å². The molecular formula is C9H13NO2S. The summed E-state index contributed by atoms with van der Waals surface area (Å²) in [5.41, 5.74) is 0.893. The number of ketones is 1. The number of methoxy groups -OCH3 is 1. The highest BCUT2D eigenvalue weighted by atomic mass is 32.1. The zero-order valence-electron chi connectivity index (χ0n) is 8.09. The molecule has 0 atom stereocenters. The molecule has 3 nitrogen and oxygen atoms in total. The first-order valence-electron chi connectivity index (χ1n) is 4.17. The van der Waals surface area contributed by atoms with Crippen LogP contribution >= 0.6 is 11.3 Å². The topological polar surface area (TPSA) is 39.2 Å². The lowest BCUT2D eigenvalue weighted by molar-refractivity contribution is 0.102. The fourth-order valence-electron chi connectivity index (χ4n) is 1.10. The van der Waals surface area contributed by atoms with Gasteiger partial charge in [-0.05, 0) is 6.42 Å². The van der Waals surface area contributed by atoms with Gasteiger partial charge in [0.05, 0.1) is 17.2 Å². The van der Waals surface area contributed by atoms with Crippen molar-refractivity contribution in [3.05, 3.63) is 15.6 Å². The summed E-state index contributed by atoms with van der Waals surface area (Å²) >= 11 is 1.43. The third-order valence-electron chi connectivity index (χ3n) is 1.66. The van der Waals surface area contributed by atoms with E-state index in [4.69, 9.17) is 4.74 Å². The van der Waals surface area contributed by atoms with E-state index in [0.29, 0.717) is 6.61 Å². The van der Waals surface area contributed by atoms with Crippen LogP contribution in [-0.4, -0.2) is 17.9 Å². The zero-order valence-corrected chi connectivity index (χ0v) is 8.90. The molecule has 0 N–H and O–H groups in total. The number of aromatic nitrogens is 1. The summed E-state index contributed by atoms with van der Waals surface area (Å²) in [6.07, 6.45) is 0.801. The molecule has 0 aliphatic heterocycles. The second kappa shape index (κ2) is 4.48. The van der Waals surface area contributed by atoms with Gasteiger partial charge in [0, 0.05) is 14.0 Å². The quantitative estimate of drug-likeness (QED) is 0.697. The summed E-state index contributed by atoms with van der Waals surface area (Å²) in [5, 5.41) is 0.879. The van der Waals surface area contributed by atoms with E-state index in [9.17, 15) is 4.79 Å². The predicted octanol–water partition coefficient (Wildman–Crippen LogP) is 2.05. The molecule has 1 heterocycles. The number of hydrogen-bond donors (Lipinski definition) is 0. The standard InChI is InChI=1S/C9H13NO2S/c1-4-7-9(6(2)11)13-8(10-7)5-12-3/h4-5H2,1-3H3. The van der Waals surface area contributed by atoms with E-state index >= 15 is 0 Å². The summed E-state index contributed by atoms with van der Waals surface area (Å²) in [7, 11) is 1.63. The summed E-state index contributed by atoms with van der Waals surface area (Å²) in [4.78, 5) is 16.3. The molecule has 0 saturated carbocycles. The Morgan fingerprint density at radius 3 is 2.69 bits per heavy atom. The van der Waals surface area contributed by atoms with Crippen molar-refractivity contribution in [1.29, 1.82) is 0 Å². The molecule has 0 aliphatic rings. The van der Waals surface area contributed by atoms with Crippen molar-refractivity contribution in [1.82, 2.24) is 4.98 Å². The zero-order chi connectivity index (χ0) is 9.84. The number of rotatable bonds is 4. The molecule has 0 spiro atoms. The van der Waals surface area contributed by atoms with Gasteiger partial charge in [0.2, 0.25) is 0 Å². The van der Waals surface area contributed by atoms with Crippen molar-refractivity contribution in [3.8, 4) is 0 Å². The lowest BCUT2D eigenvalue weighted by Crippen LogP contribution is -1.93. The molecule has 4 heteroatoms. The number of hydrogen-bond acceptors (Lipinski definition) is 4. The summed E-state index contributed by atoms with van der Waals surface area (Å²) in [5.74, 6) is 0.0942. The Morgan fingerprint density at radius 2 is 2.31 bits per heavy atom. The molecule has 13 heavy (non-hydrogen) atoms. The van der Waals surface area contributed by atoms with E-state index < -0.39 is 0 Å². The fourth-order valence-corrected chi connectivity index (χ4v) is 2.12. The molecule has 0 fully saturated rings. The summed E-state index contributed by atoms with van der Waals surface area (Å²) in [6, 6.07) is 0. The Bertz CT molecular complexity index is 307. The molecule has 0 aromatic carbocycles. The normalized spacial score (nSPS) is 10.4. The monoisotopic (exact) mass is 199 g/mol. The molecule has 0 unspecified atom stereocenters. The van der Waals surface area contributed by atoms with Crippen LogP contribution < -0.4 is 0 Å². The molecule has 1 rings (SSSR count). The smallest absolute Gasteiger partial charge is 0.171 e. The van der Waals surface area contributed by atoms with Gasteiger partial charge in [0.1, 0.15) is 5.01 Å². The molecule has 1 aromatic heterocycles. The number of aryl methyl sites for hydroxylation is 1. The molecular weight excluding hydrogens is 186 g/mol. The van der Waals surface area contributed by atoms with Crippen LogP contribution in [0.3, 0.4) is 0 Å². The third-order valence-corrected chi connectivity index (χ3v) is 2.84.